The minimum atomic E-state index is -0.769. The fraction of sp³-hybridized carbons (Fsp3) is 0.273. The molecule has 2 N–H and O–H groups in total. The lowest BCUT2D eigenvalue weighted by molar-refractivity contribution is -0.123. The molecule has 3 amide bonds. The molecule has 1 atom stereocenters. The van der Waals surface area contributed by atoms with Crippen molar-refractivity contribution in [3.8, 4) is 0 Å². The van der Waals surface area contributed by atoms with E-state index >= 15 is 0 Å². The summed E-state index contributed by atoms with van der Waals surface area (Å²) in [6, 6.07) is 13.1. The minimum absolute atomic E-state index is 0.192. The summed E-state index contributed by atoms with van der Waals surface area (Å²) in [7, 11) is 1.48. The van der Waals surface area contributed by atoms with Crippen LogP contribution in [0.5, 0.6) is 0 Å². The van der Waals surface area contributed by atoms with E-state index in [1.165, 1.54) is 19.2 Å². The van der Waals surface area contributed by atoms with Crippen LogP contribution in [-0.2, 0) is 25.4 Å². The van der Waals surface area contributed by atoms with Crippen molar-refractivity contribution in [2.45, 2.75) is 12.5 Å². The van der Waals surface area contributed by atoms with Crippen LogP contribution in [0.4, 0.5) is 4.79 Å². The number of carbonyl (C=O) groups excluding carboxylic acids is 4. The van der Waals surface area contributed by atoms with E-state index in [1.807, 2.05) is 35.6 Å². The normalized spacial score (nSPS) is 14.7. The van der Waals surface area contributed by atoms with Gasteiger partial charge in [0.1, 0.15) is 6.10 Å². The average Bonchev–Trinajstić information content (AvgIpc) is 2.77. The first-order valence-corrected chi connectivity index (χ1v) is 9.60. The number of imide groups is 1. The van der Waals surface area contributed by atoms with Gasteiger partial charge < -0.3 is 19.5 Å². The fourth-order valence-corrected chi connectivity index (χ4v) is 3.06. The van der Waals surface area contributed by atoms with E-state index in [0.29, 0.717) is 24.2 Å². The fourth-order valence-electron chi connectivity index (χ4n) is 3.06. The third-order valence-corrected chi connectivity index (χ3v) is 4.57. The lowest BCUT2D eigenvalue weighted by Gasteiger charge is -2.25. The first-order chi connectivity index (χ1) is 15.0. The Labute approximate surface area is 178 Å². The number of rotatable bonds is 7. The maximum Gasteiger partial charge on any atom is 0.339 e. The van der Waals surface area contributed by atoms with Crippen LogP contribution in [0, 0.1) is 0 Å². The van der Waals surface area contributed by atoms with Crippen LogP contribution in [0.25, 0.3) is 0 Å². The molecular formula is C22H22N2O7. The summed E-state index contributed by atoms with van der Waals surface area (Å²) in [5.74, 6) is -1.98. The van der Waals surface area contributed by atoms with Gasteiger partial charge in [-0.1, -0.05) is 30.3 Å². The first kappa shape index (κ1) is 22.0. The zero-order valence-electron chi connectivity index (χ0n) is 16.9. The van der Waals surface area contributed by atoms with E-state index in [9.17, 15) is 19.2 Å². The molecule has 1 aliphatic heterocycles. The Hall–Kier alpha value is -3.72. The molecule has 1 heterocycles. The monoisotopic (exact) mass is 426 g/mol. The average molecular weight is 426 g/mol. The number of cyclic esters (lactones) is 1. The Morgan fingerprint density at radius 2 is 1.90 bits per heavy atom. The Bertz CT molecular complexity index is 975. The van der Waals surface area contributed by atoms with Crippen LogP contribution in [0.2, 0.25) is 0 Å². The Morgan fingerprint density at radius 3 is 2.65 bits per heavy atom. The highest BCUT2D eigenvalue weighted by atomic mass is 16.5. The molecule has 0 bridgehead atoms. The van der Waals surface area contributed by atoms with Crippen molar-refractivity contribution in [1.82, 2.24) is 10.6 Å². The van der Waals surface area contributed by atoms with Gasteiger partial charge in [-0.25, -0.2) is 14.4 Å². The van der Waals surface area contributed by atoms with Crippen molar-refractivity contribution in [1.29, 1.82) is 0 Å². The van der Waals surface area contributed by atoms with Gasteiger partial charge in [0, 0.05) is 20.1 Å². The number of hydrogen-bond donors (Lipinski definition) is 2. The number of hydrogen-bond acceptors (Lipinski definition) is 7. The largest absolute Gasteiger partial charge is 0.454 e. The number of benzene rings is 2. The number of urea groups is 1. The van der Waals surface area contributed by atoms with Crippen molar-refractivity contribution in [2.24, 2.45) is 0 Å². The number of methoxy groups -OCH3 is 1. The summed E-state index contributed by atoms with van der Waals surface area (Å²) < 4.78 is 15.2. The van der Waals surface area contributed by atoms with E-state index in [2.05, 4.69) is 5.32 Å². The molecule has 0 spiro atoms. The zero-order chi connectivity index (χ0) is 22.2. The van der Waals surface area contributed by atoms with E-state index in [4.69, 9.17) is 14.2 Å². The van der Waals surface area contributed by atoms with Crippen LogP contribution < -0.4 is 10.6 Å². The van der Waals surface area contributed by atoms with Gasteiger partial charge in [0.05, 0.1) is 17.7 Å². The number of esters is 2. The SMILES string of the molecule is COCCNC(=O)NC(=O)COC(=O)c1ccc2c(c1)CC(c1ccccc1)OC2=O. The van der Waals surface area contributed by atoms with Crippen LogP contribution in [0.1, 0.15) is 37.9 Å². The zero-order valence-corrected chi connectivity index (χ0v) is 16.9. The number of ether oxygens (including phenoxy) is 3. The Kier molecular flexibility index (Phi) is 7.34. The Balaban J connectivity index is 1.59. The standard InChI is InChI=1S/C22H22N2O7/c1-29-10-9-23-22(28)24-19(25)13-30-20(26)15-7-8-17-16(11-15)12-18(31-21(17)27)14-5-3-2-4-6-14/h2-8,11,18H,9-10,12-13H2,1H3,(H2,23,24,25,28). The van der Waals surface area contributed by atoms with Gasteiger partial charge in [-0.15, -0.1) is 0 Å². The predicted molar refractivity (Wildman–Crippen MR) is 108 cm³/mol. The highest BCUT2D eigenvalue weighted by molar-refractivity contribution is 5.98. The molecule has 9 nitrogen and oxygen atoms in total. The maximum absolute atomic E-state index is 12.3. The second-order valence-electron chi connectivity index (χ2n) is 6.75. The number of nitrogens with one attached hydrogen (secondary N) is 2. The quantitative estimate of drug-likeness (QED) is 0.511. The molecule has 0 saturated carbocycles. The van der Waals surface area contributed by atoms with E-state index < -0.39 is 36.6 Å². The van der Waals surface area contributed by atoms with Gasteiger partial charge in [0.2, 0.25) is 0 Å². The molecule has 1 aliphatic rings. The number of carbonyl (C=O) groups is 4. The summed E-state index contributed by atoms with van der Waals surface area (Å²) in [6.45, 7) is -0.0904. The summed E-state index contributed by atoms with van der Waals surface area (Å²) in [6.07, 6.45) is -0.0381. The van der Waals surface area contributed by atoms with Crippen molar-refractivity contribution in [2.75, 3.05) is 26.9 Å². The van der Waals surface area contributed by atoms with Crippen LogP contribution in [0.3, 0.4) is 0 Å². The molecule has 3 rings (SSSR count). The van der Waals surface area contributed by atoms with Gasteiger partial charge in [-0.05, 0) is 29.3 Å². The van der Waals surface area contributed by atoms with Gasteiger partial charge in [0.15, 0.2) is 6.61 Å². The highest BCUT2D eigenvalue weighted by Crippen LogP contribution is 2.31. The van der Waals surface area contributed by atoms with Gasteiger partial charge in [-0.3, -0.25) is 10.1 Å². The number of amides is 3. The smallest absolute Gasteiger partial charge is 0.339 e. The van der Waals surface area contributed by atoms with Crippen molar-refractivity contribution in [3.63, 3.8) is 0 Å². The summed E-state index contributed by atoms with van der Waals surface area (Å²) in [5, 5.41) is 4.45. The minimum Gasteiger partial charge on any atom is -0.454 e. The summed E-state index contributed by atoms with van der Waals surface area (Å²) in [5.41, 5.74) is 2.09. The molecule has 162 valence electrons. The lowest BCUT2D eigenvalue weighted by atomic mass is 9.93. The van der Waals surface area contributed by atoms with E-state index in [-0.39, 0.29) is 12.1 Å². The van der Waals surface area contributed by atoms with Gasteiger partial charge in [0.25, 0.3) is 5.91 Å². The van der Waals surface area contributed by atoms with Gasteiger partial charge >= 0.3 is 18.0 Å². The molecule has 0 fully saturated rings. The predicted octanol–water partition coefficient (Wildman–Crippen LogP) is 1.77. The number of fused-ring (bicyclic) bond motifs is 1. The van der Waals surface area contributed by atoms with Gasteiger partial charge in [-0.2, -0.15) is 0 Å². The van der Waals surface area contributed by atoms with Crippen LogP contribution >= 0.6 is 0 Å². The van der Waals surface area contributed by atoms with Crippen LogP contribution in [-0.4, -0.2) is 50.7 Å². The van der Waals surface area contributed by atoms with E-state index in [0.717, 1.165) is 5.56 Å². The third-order valence-electron chi connectivity index (χ3n) is 4.57. The molecule has 2 aromatic rings. The topological polar surface area (TPSA) is 120 Å². The molecule has 0 aromatic heterocycles. The van der Waals surface area contributed by atoms with Crippen molar-refractivity contribution < 1.29 is 33.4 Å². The lowest BCUT2D eigenvalue weighted by Crippen LogP contribution is -2.42. The van der Waals surface area contributed by atoms with E-state index in [1.54, 1.807) is 6.07 Å². The van der Waals surface area contributed by atoms with Crippen LogP contribution in [0.15, 0.2) is 48.5 Å². The second kappa shape index (κ2) is 10.4. The Morgan fingerprint density at radius 1 is 1.13 bits per heavy atom. The second-order valence-corrected chi connectivity index (χ2v) is 6.75. The molecule has 0 aliphatic carbocycles. The molecule has 9 heteroatoms. The highest BCUT2D eigenvalue weighted by Gasteiger charge is 2.28. The summed E-state index contributed by atoms with van der Waals surface area (Å²) in [4.78, 5) is 47.9. The van der Waals surface area contributed by atoms with Crippen molar-refractivity contribution in [3.05, 3.63) is 70.8 Å². The molecule has 0 radical (unpaired) electrons. The maximum atomic E-state index is 12.3. The molecule has 0 saturated heterocycles. The molecule has 1 unspecified atom stereocenters. The summed E-state index contributed by atoms with van der Waals surface area (Å²) >= 11 is 0. The van der Waals surface area contributed by atoms with Crippen molar-refractivity contribution >= 4 is 23.9 Å². The molecular weight excluding hydrogens is 404 g/mol. The molecule has 2 aromatic carbocycles. The molecule has 31 heavy (non-hydrogen) atoms. The first-order valence-electron chi connectivity index (χ1n) is 9.60. The third kappa shape index (κ3) is 5.89.